The Labute approximate surface area is 221 Å². The molecule has 0 aromatic heterocycles. The lowest BCUT2D eigenvalue weighted by molar-refractivity contribution is -0.137. The van der Waals surface area contributed by atoms with Crippen LogP contribution in [0.15, 0.2) is 0 Å². The predicted molar refractivity (Wildman–Crippen MR) is 147 cm³/mol. The van der Waals surface area contributed by atoms with E-state index in [2.05, 4.69) is 34.6 Å². The van der Waals surface area contributed by atoms with E-state index in [0.29, 0.717) is 23.4 Å². The normalized spacial score (nSPS) is 45.9. The van der Waals surface area contributed by atoms with Gasteiger partial charge in [-0.15, -0.1) is 0 Å². The molecule has 0 aromatic carbocycles. The monoisotopic (exact) mass is 500 g/mol. The zero-order valence-electron chi connectivity index (χ0n) is 24.2. The zero-order chi connectivity index (χ0) is 25.7. The highest BCUT2D eigenvalue weighted by Crippen LogP contribution is 2.75. The number of carboxylic acid groups (broad SMARTS) is 1. The van der Waals surface area contributed by atoms with Crippen LogP contribution in [0.5, 0.6) is 0 Å². The maximum atomic E-state index is 10.8. The minimum absolute atomic E-state index is 0.189. The molecule has 206 valence electrons. The van der Waals surface area contributed by atoms with Gasteiger partial charge in [0.2, 0.25) is 0 Å². The van der Waals surface area contributed by atoms with Crippen LogP contribution in [0.2, 0.25) is 0 Å². The number of hydrogen-bond acceptors (Lipinski definition) is 2. The van der Waals surface area contributed by atoms with Gasteiger partial charge in [0.05, 0.1) is 6.10 Å². The Bertz CT molecular complexity index is 792. The standard InChI is InChI=1S/C33H56O3/c1-22(2)10-9-11-23(3)26-14-15-27-25-20-29-33(36-29)21-24(12-7-6-8-13-30(34)35)16-19-32(33,5)28(25)17-18-31(26,27)4/h22-29H,6-21H2,1-5H3,(H,34,35)/t23?,24-,25-,26+,27-,28-,29+,31+,32+,33?/m0/s1. The van der Waals surface area contributed by atoms with E-state index in [4.69, 9.17) is 9.84 Å². The van der Waals surface area contributed by atoms with E-state index in [1.165, 1.54) is 83.5 Å². The summed E-state index contributed by atoms with van der Waals surface area (Å²) >= 11 is 0. The van der Waals surface area contributed by atoms with Crippen LogP contribution in [0, 0.1) is 52.3 Å². The molecule has 5 rings (SSSR count). The van der Waals surface area contributed by atoms with Gasteiger partial charge in [0.1, 0.15) is 5.60 Å². The molecular formula is C33H56O3. The number of unbranched alkanes of at least 4 members (excludes halogenated alkanes) is 2. The van der Waals surface area contributed by atoms with Crippen LogP contribution < -0.4 is 0 Å². The van der Waals surface area contributed by atoms with E-state index >= 15 is 0 Å². The van der Waals surface area contributed by atoms with Crippen LogP contribution in [-0.2, 0) is 9.53 Å². The van der Waals surface area contributed by atoms with Gasteiger partial charge in [0.25, 0.3) is 0 Å². The quantitative estimate of drug-likeness (QED) is 0.228. The van der Waals surface area contributed by atoms with Crippen molar-refractivity contribution in [2.24, 2.45) is 52.3 Å². The van der Waals surface area contributed by atoms with Gasteiger partial charge in [-0.1, -0.05) is 73.1 Å². The summed E-state index contributed by atoms with van der Waals surface area (Å²) < 4.78 is 6.81. The summed E-state index contributed by atoms with van der Waals surface area (Å²) in [5.74, 6) is 5.51. The molecule has 1 aliphatic heterocycles. The van der Waals surface area contributed by atoms with Crippen molar-refractivity contribution in [1.82, 2.24) is 0 Å². The Morgan fingerprint density at radius 2 is 1.75 bits per heavy atom. The summed E-state index contributed by atoms with van der Waals surface area (Å²) in [6.07, 6.45) is 20.7. The fraction of sp³-hybridized carbons (Fsp3) is 0.970. The Balaban J connectivity index is 1.20. The Hall–Kier alpha value is -0.570. The molecule has 0 aromatic rings. The molecule has 4 aliphatic carbocycles. The van der Waals surface area contributed by atoms with Gasteiger partial charge in [-0.25, -0.2) is 0 Å². The predicted octanol–water partition coefficient (Wildman–Crippen LogP) is 8.89. The van der Waals surface area contributed by atoms with Crippen molar-refractivity contribution < 1.29 is 14.6 Å². The third-order valence-electron chi connectivity index (χ3n) is 12.9. The molecule has 4 saturated carbocycles. The Morgan fingerprint density at radius 3 is 2.50 bits per heavy atom. The average Bonchev–Trinajstić information content (AvgIpc) is 3.39. The topological polar surface area (TPSA) is 49.8 Å². The molecule has 3 nitrogen and oxygen atoms in total. The Kier molecular flexibility index (Phi) is 7.65. The van der Waals surface area contributed by atoms with Crippen LogP contribution >= 0.6 is 0 Å². The second-order valence-corrected chi connectivity index (χ2v) is 15.2. The summed E-state index contributed by atoms with van der Waals surface area (Å²) in [7, 11) is 0. The molecule has 0 bridgehead atoms. The van der Waals surface area contributed by atoms with E-state index < -0.39 is 5.97 Å². The first-order valence-corrected chi connectivity index (χ1v) is 16.0. The summed E-state index contributed by atoms with van der Waals surface area (Å²) in [6, 6.07) is 0. The van der Waals surface area contributed by atoms with Gasteiger partial charge < -0.3 is 9.84 Å². The van der Waals surface area contributed by atoms with Crippen molar-refractivity contribution in [3.63, 3.8) is 0 Å². The maximum Gasteiger partial charge on any atom is 0.303 e. The highest BCUT2D eigenvalue weighted by molar-refractivity contribution is 5.66. The van der Waals surface area contributed by atoms with Crippen LogP contribution in [-0.4, -0.2) is 22.8 Å². The van der Waals surface area contributed by atoms with E-state index in [1.807, 2.05) is 0 Å². The van der Waals surface area contributed by atoms with Crippen LogP contribution in [0.25, 0.3) is 0 Å². The fourth-order valence-corrected chi connectivity index (χ4v) is 10.9. The largest absolute Gasteiger partial charge is 0.481 e. The molecule has 10 atom stereocenters. The molecule has 5 fully saturated rings. The summed E-state index contributed by atoms with van der Waals surface area (Å²) in [6.45, 7) is 12.7. The number of hydrogen-bond donors (Lipinski definition) is 1. The number of rotatable bonds is 11. The van der Waals surface area contributed by atoms with Crippen LogP contribution in [0.1, 0.15) is 137 Å². The fourth-order valence-electron chi connectivity index (χ4n) is 10.9. The van der Waals surface area contributed by atoms with E-state index in [-0.39, 0.29) is 5.60 Å². The number of epoxide rings is 1. The van der Waals surface area contributed by atoms with Gasteiger partial charge in [-0.3, -0.25) is 4.79 Å². The summed E-state index contributed by atoms with van der Waals surface area (Å²) in [5.41, 5.74) is 1.15. The van der Waals surface area contributed by atoms with E-state index in [0.717, 1.165) is 54.3 Å². The highest BCUT2D eigenvalue weighted by atomic mass is 16.6. The molecule has 3 heteroatoms. The SMILES string of the molecule is CC(C)CCCC(C)[C@H]1CC[C@H]2[C@@H]3C[C@H]4OC45C[C@@H](CCCCCC(=O)O)CC[C@]5(C)[C@H]3CC[C@]12C. The third-order valence-corrected chi connectivity index (χ3v) is 12.9. The van der Waals surface area contributed by atoms with Gasteiger partial charge in [0.15, 0.2) is 0 Å². The van der Waals surface area contributed by atoms with Crippen molar-refractivity contribution in [2.45, 2.75) is 149 Å². The van der Waals surface area contributed by atoms with Crippen molar-refractivity contribution in [3.8, 4) is 0 Å². The van der Waals surface area contributed by atoms with Crippen molar-refractivity contribution >= 4 is 5.97 Å². The zero-order valence-corrected chi connectivity index (χ0v) is 24.2. The smallest absolute Gasteiger partial charge is 0.303 e. The number of carbonyl (C=O) groups is 1. The van der Waals surface area contributed by atoms with Gasteiger partial charge in [0, 0.05) is 11.8 Å². The summed E-state index contributed by atoms with van der Waals surface area (Å²) in [5, 5.41) is 8.90. The van der Waals surface area contributed by atoms with Gasteiger partial charge in [-0.2, -0.15) is 0 Å². The minimum atomic E-state index is -0.647. The first-order chi connectivity index (χ1) is 17.1. The van der Waals surface area contributed by atoms with Crippen molar-refractivity contribution in [1.29, 1.82) is 0 Å². The molecule has 0 amide bonds. The van der Waals surface area contributed by atoms with Crippen LogP contribution in [0.4, 0.5) is 0 Å². The lowest BCUT2D eigenvalue weighted by Gasteiger charge is -2.60. The van der Waals surface area contributed by atoms with E-state index in [1.54, 1.807) is 0 Å². The molecule has 1 saturated heterocycles. The highest BCUT2D eigenvalue weighted by Gasteiger charge is 2.75. The molecule has 5 aliphatic rings. The number of aliphatic carboxylic acids is 1. The lowest BCUT2D eigenvalue weighted by Crippen LogP contribution is -2.58. The molecule has 36 heavy (non-hydrogen) atoms. The summed E-state index contributed by atoms with van der Waals surface area (Å²) in [4.78, 5) is 10.8. The molecule has 0 radical (unpaired) electrons. The molecule has 1 spiro atoms. The lowest BCUT2D eigenvalue weighted by atomic mass is 9.43. The Morgan fingerprint density at radius 1 is 0.944 bits per heavy atom. The number of ether oxygens (including phenoxy) is 1. The molecule has 1 heterocycles. The molecular weight excluding hydrogens is 444 g/mol. The van der Waals surface area contributed by atoms with Gasteiger partial charge in [-0.05, 0) is 105 Å². The first-order valence-electron chi connectivity index (χ1n) is 16.0. The maximum absolute atomic E-state index is 10.8. The van der Waals surface area contributed by atoms with E-state index in [9.17, 15) is 4.79 Å². The number of carboxylic acids is 1. The van der Waals surface area contributed by atoms with Crippen LogP contribution in [0.3, 0.4) is 0 Å². The molecule has 2 unspecified atom stereocenters. The van der Waals surface area contributed by atoms with Gasteiger partial charge >= 0.3 is 5.97 Å². The molecule has 1 N–H and O–H groups in total. The number of fused-ring (bicyclic) bond motifs is 4. The minimum Gasteiger partial charge on any atom is -0.481 e. The first kappa shape index (κ1) is 27.0. The third kappa shape index (κ3) is 4.60. The van der Waals surface area contributed by atoms with Crippen molar-refractivity contribution in [2.75, 3.05) is 0 Å². The second-order valence-electron chi connectivity index (χ2n) is 15.2. The second kappa shape index (κ2) is 10.2. The van der Waals surface area contributed by atoms with Crippen molar-refractivity contribution in [3.05, 3.63) is 0 Å². The average molecular weight is 501 g/mol.